The van der Waals surface area contributed by atoms with Crippen LogP contribution in [-0.2, 0) is 19.9 Å². The second kappa shape index (κ2) is 4.30. The maximum absolute atomic E-state index is 4.48. The molecular formula is C17H15N3. The Morgan fingerprint density at radius 2 is 1.95 bits per heavy atom. The van der Waals surface area contributed by atoms with Crippen molar-refractivity contribution >= 4 is 0 Å². The molecule has 0 spiro atoms. The molecule has 20 heavy (non-hydrogen) atoms. The Bertz CT molecular complexity index is 772. The first kappa shape index (κ1) is 11.4. The highest BCUT2D eigenvalue weighted by Crippen LogP contribution is 2.38. The highest BCUT2D eigenvalue weighted by Gasteiger charge is 2.23. The lowest BCUT2D eigenvalue weighted by atomic mass is 9.90. The zero-order valence-electron chi connectivity index (χ0n) is 11.4. The van der Waals surface area contributed by atoms with Gasteiger partial charge in [0, 0.05) is 25.0 Å². The van der Waals surface area contributed by atoms with Gasteiger partial charge in [0.2, 0.25) is 0 Å². The lowest BCUT2D eigenvalue weighted by Gasteiger charge is -2.16. The predicted octanol–water partition coefficient (Wildman–Crippen LogP) is 3.25. The average Bonchev–Trinajstić information content (AvgIpc) is 2.84. The molecule has 2 heterocycles. The third kappa shape index (κ3) is 1.59. The van der Waals surface area contributed by atoms with Gasteiger partial charge >= 0.3 is 0 Å². The lowest BCUT2D eigenvalue weighted by molar-refractivity contribution is 0.902. The molecule has 0 amide bonds. The fourth-order valence-corrected chi connectivity index (χ4v) is 3.15. The van der Waals surface area contributed by atoms with E-state index in [2.05, 4.69) is 58.1 Å². The number of aromatic nitrogens is 3. The van der Waals surface area contributed by atoms with Crippen molar-refractivity contribution in [3.8, 4) is 22.5 Å². The van der Waals surface area contributed by atoms with Crippen LogP contribution in [0.4, 0.5) is 0 Å². The van der Waals surface area contributed by atoms with Crippen LogP contribution in [0.3, 0.4) is 0 Å². The van der Waals surface area contributed by atoms with E-state index < -0.39 is 0 Å². The van der Waals surface area contributed by atoms with Crippen LogP contribution in [0.5, 0.6) is 0 Å². The molecule has 0 fully saturated rings. The van der Waals surface area contributed by atoms with E-state index in [0.717, 1.165) is 18.5 Å². The number of rotatable bonds is 1. The normalized spacial score (nSPS) is 12.8. The number of fused-ring (bicyclic) bond motifs is 3. The predicted molar refractivity (Wildman–Crippen MR) is 79.3 cm³/mol. The van der Waals surface area contributed by atoms with Gasteiger partial charge in [-0.05, 0) is 29.5 Å². The summed E-state index contributed by atoms with van der Waals surface area (Å²) in [5, 5.41) is 0. The van der Waals surface area contributed by atoms with E-state index in [1.807, 2.05) is 6.20 Å². The molecule has 2 aromatic heterocycles. The molecule has 3 aromatic rings. The Hall–Kier alpha value is -2.42. The van der Waals surface area contributed by atoms with Gasteiger partial charge in [0.25, 0.3) is 0 Å². The minimum Gasteiger partial charge on any atom is -0.350 e. The summed E-state index contributed by atoms with van der Waals surface area (Å²) in [6.07, 6.45) is 7.86. The molecule has 0 unspecified atom stereocenters. The molecule has 1 aliphatic carbocycles. The van der Waals surface area contributed by atoms with Crippen molar-refractivity contribution in [3.05, 3.63) is 60.2 Å². The van der Waals surface area contributed by atoms with Gasteiger partial charge < -0.3 is 4.57 Å². The van der Waals surface area contributed by atoms with Crippen LogP contribution in [0.25, 0.3) is 22.5 Å². The summed E-state index contributed by atoms with van der Waals surface area (Å²) in [6.45, 7) is 0. The quantitative estimate of drug-likeness (QED) is 0.673. The van der Waals surface area contributed by atoms with Crippen molar-refractivity contribution < 1.29 is 0 Å². The van der Waals surface area contributed by atoms with Crippen molar-refractivity contribution in [2.45, 2.75) is 12.8 Å². The minimum atomic E-state index is 1.02. The first-order chi connectivity index (χ1) is 9.84. The standard InChI is InChI=1S/C17H15N3/c1-20-10-15-14(17(20)12-5-3-2-4-6-12)8-7-13-9-18-11-19-16(13)15/h2-6,9-11H,7-8H2,1H3. The van der Waals surface area contributed by atoms with Crippen LogP contribution >= 0.6 is 0 Å². The van der Waals surface area contributed by atoms with E-state index in [1.165, 1.54) is 27.9 Å². The number of nitrogens with zero attached hydrogens (tertiary/aromatic N) is 3. The lowest BCUT2D eigenvalue weighted by Crippen LogP contribution is -2.05. The van der Waals surface area contributed by atoms with Crippen LogP contribution < -0.4 is 0 Å². The number of hydrogen-bond acceptors (Lipinski definition) is 2. The molecule has 98 valence electrons. The van der Waals surface area contributed by atoms with Crippen LogP contribution in [0, 0.1) is 0 Å². The molecule has 4 rings (SSSR count). The van der Waals surface area contributed by atoms with E-state index >= 15 is 0 Å². The average molecular weight is 261 g/mol. The van der Waals surface area contributed by atoms with Crippen molar-refractivity contribution in [1.82, 2.24) is 14.5 Å². The molecule has 3 heteroatoms. The van der Waals surface area contributed by atoms with Gasteiger partial charge in [-0.15, -0.1) is 0 Å². The second-order valence-corrected chi connectivity index (χ2v) is 5.24. The number of aryl methyl sites for hydroxylation is 2. The van der Waals surface area contributed by atoms with Crippen molar-refractivity contribution in [2.24, 2.45) is 7.05 Å². The monoisotopic (exact) mass is 261 g/mol. The molecule has 0 N–H and O–H groups in total. The maximum atomic E-state index is 4.48. The van der Waals surface area contributed by atoms with Gasteiger partial charge in [-0.3, -0.25) is 0 Å². The molecule has 0 saturated carbocycles. The van der Waals surface area contributed by atoms with Gasteiger partial charge in [-0.1, -0.05) is 30.3 Å². The molecule has 0 radical (unpaired) electrons. The van der Waals surface area contributed by atoms with Gasteiger partial charge in [-0.2, -0.15) is 0 Å². The molecular weight excluding hydrogens is 246 g/mol. The Balaban J connectivity index is 1.97. The van der Waals surface area contributed by atoms with Crippen molar-refractivity contribution in [1.29, 1.82) is 0 Å². The van der Waals surface area contributed by atoms with Gasteiger partial charge in [-0.25, -0.2) is 9.97 Å². The zero-order chi connectivity index (χ0) is 13.5. The van der Waals surface area contributed by atoms with Crippen molar-refractivity contribution in [3.63, 3.8) is 0 Å². The molecule has 1 aliphatic rings. The largest absolute Gasteiger partial charge is 0.350 e. The third-order valence-electron chi connectivity index (χ3n) is 4.02. The van der Waals surface area contributed by atoms with Gasteiger partial charge in [0.05, 0.1) is 11.4 Å². The van der Waals surface area contributed by atoms with Crippen LogP contribution in [0.15, 0.2) is 49.1 Å². The Morgan fingerprint density at radius 1 is 1.10 bits per heavy atom. The summed E-state index contributed by atoms with van der Waals surface area (Å²) in [4.78, 5) is 8.62. The molecule has 0 bridgehead atoms. The Morgan fingerprint density at radius 3 is 2.80 bits per heavy atom. The Kier molecular flexibility index (Phi) is 2.46. The summed E-state index contributed by atoms with van der Waals surface area (Å²) < 4.78 is 2.22. The maximum Gasteiger partial charge on any atom is 0.116 e. The minimum absolute atomic E-state index is 1.02. The first-order valence-electron chi connectivity index (χ1n) is 6.87. The second-order valence-electron chi connectivity index (χ2n) is 5.24. The molecule has 0 atom stereocenters. The summed E-state index contributed by atoms with van der Waals surface area (Å²) in [5.74, 6) is 0. The highest BCUT2D eigenvalue weighted by atomic mass is 14.9. The van der Waals surface area contributed by atoms with Crippen LogP contribution in [0.1, 0.15) is 11.1 Å². The van der Waals surface area contributed by atoms with Crippen molar-refractivity contribution in [2.75, 3.05) is 0 Å². The highest BCUT2D eigenvalue weighted by molar-refractivity contribution is 5.79. The summed E-state index contributed by atoms with van der Waals surface area (Å²) in [7, 11) is 2.11. The summed E-state index contributed by atoms with van der Waals surface area (Å²) in [6, 6.07) is 10.6. The fourth-order valence-electron chi connectivity index (χ4n) is 3.15. The van der Waals surface area contributed by atoms with E-state index in [0.29, 0.717) is 0 Å². The third-order valence-corrected chi connectivity index (χ3v) is 4.02. The van der Waals surface area contributed by atoms with E-state index in [-0.39, 0.29) is 0 Å². The van der Waals surface area contributed by atoms with E-state index in [1.54, 1.807) is 6.33 Å². The van der Waals surface area contributed by atoms with Crippen LogP contribution in [0.2, 0.25) is 0 Å². The molecule has 3 nitrogen and oxygen atoms in total. The number of benzene rings is 1. The molecule has 0 saturated heterocycles. The number of hydrogen-bond donors (Lipinski definition) is 0. The van der Waals surface area contributed by atoms with Crippen LogP contribution in [-0.4, -0.2) is 14.5 Å². The zero-order valence-corrected chi connectivity index (χ0v) is 11.4. The molecule has 0 aliphatic heterocycles. The van der Waals surface area contributed by atoms with E-state index in [4.69, 9.17) is 0 Å². The van der Waals surface area contributed by atoms with Gasteiger partial charge in [0.1, 0.15) is 6.33 Å². The first-order valence-corrected chi connectivity index (χ1v) is 6.87. The van der Waals surface area contributed by atoms with Gasteiger partial charge in [0.15, 0.2) is 0 Å². The fraction of sp³-hybridized carbons (Fsp3) is 0.176. The summed E-state index contributed by atoms with van der Waals surface area (Å²) in [5.41, 5.74) is 7.60. The smallest absolute Gasteiger partial charge is 0.116 e. The SMILES string of the molecule is Cn1cc2c(c1-c1ccccc1)CCc1cncnc1-2. The Labute approximate surface area is 117 Å². The molecule has 1 aromatic carbocycles. The summed E-state index contributed by atoms with van der Waals surface area (Å²) >= 11 is 0. The topological polar surface area (TPSA) is 30.7 Å². The van der Waals surface area contributed by atoms with E-state index in [9.17, 15) is 0 Å².